The zero-order valence-electron chi connectivity index (χ0n) is 16.9. The van der Waals surface area contributed by atoms with Crippen LogP contribution in [-0.4, -0.2) is 24.0 Å². The Labute approximate surface area is 165 Å². The summed E-state index contributed by atoms with van der Waals surface area (Å²) in [6.45, 7) is 0. The van der Waals surface area contributed by atoms with E-state index in [4.69, 9.17) is 0 Å². The molecule has 0 saturated carbocycles. The lowest BCUT2D eigenvalue weighted by atomic mass is 9.78. The molecule has 0 radical (unpaired) electrons. The number of hydrogen-bond donors (Lipinski definition) is 0. The van der Waals surface area contributed by atoms with E-state index in [1.54, 1.807) is 0 Å². The normalized spacial score (nSPS) is 27.7. The van der Waals surface area contributed by atoms with Crippen LogP contribution in [0, 0.1) is 11.8 Å². The van der Waals surface area contributed by atoms with Gasteiger partial charge in [-0.3, -0.25) is 4.90 Å². The summed E-state index contributed by atoms with van der Waals surface area (Å²) in [6.07, 6.45) is 12.4. The lowest BCUT2D eigenvalue weighted by molar-refractivity contribution is 0.0602. The van der Waals surface area contributed by atoms with Gasteiger partial charge in [-0.15, -0.1) is 0 Å². The van der Waals surface area contributed by atoms with Crippen LogP contribution in [0.4, 0.5) is 0 Å². The van der Waals surface area contributed by atoms with Crippen molar-refractivity contribution in [2.45, 2.75) is 69.9 Å². The van der Waals surface area contributed by atoms with E-state index < -0.39 is 0 Å². The quantitative estimate of drug-likeness (QED) is 0.546. The highest BCUT2D eigenvalue weighted by molar-refractivity contribution is 5.15. The summed E-state index contributed by atoms with van der Waals surface area (Å²) in [6, 6.07) is 23.8. The first kappa shape index (κ1) is 18.7. The van der Waals surface area contributed by atoms with Crippen molar-refractivity contribution in [3.05, 3.63) is 71.8 Å². The van der Waals surface area contributed by atoms with Crippen molar-refractivity contribution >= 4 is 0 Å². The van der Waals surface area contributed by atoms with Gasteiger partial charge in [0.2, 0.25) is 0 Å². The number of fused-ring (bicyclic) bond motifs is 2. The van der Waals surface area contributed by atoms with Crippen LogP contribution in [0.2, 0.25) is 0 Å². The number of aryl methyl sites for hydroxylation is 2. The van der Waals surface area contributed by atoms with Gasteiger partial charge in [0.15, 0.2) is 0 Å². The van der Waals surface area contributed by atoms with Gasteiger partial charge < -0.3 is 0 Å². The molecule has 144 valence electrons. The highest BCUT2D eigenvalue weighted by Crippen LogP contribution is 2.44. The minimum atomic E-state index is 0.858. The molecule has 2 saturated heterocycles. The number of rotatable bonds is 8. The maximum Gasteiger partial charge on any atom is 0.0124 e. The zero-order chi connectivity index (χ0) is 18.5. The predicted octanol–water partition coefficient (Wildman–Crippen LogP) is 6.13. The van der Waals surface area contributed by atoms with Gasteiger partial charge in [-0.2, -0.15) is 0 Å². The Balaban J connectivity index is 1.29. The average molecular weight is 362 g/mol. The molecule has 2 aliphatic rings. The summed E-state index contributed by atoms with van der Waals surface area (Å²) in [4.78, 5) is 2.77. The van der Waals surface area contributed by atoms with E-state index in [0.29, 0.717) is 0 Å². The highest BCUT2D eigenvalue weighted by Gasteiger charge is 2.44. The summed E-state index contributed by atoms with van der Waals surface area (Å²) in [5, 5.41) is 0. The van der Waals surface area contributed by atoms with Gasteiger partial charge in [0, 0.05) is 12.1 Å². The monoisotopic (exact) mass is 361 g/mol. The van der Waals surface area contributed by atoms with Crippen molar-refractivity contribution in [1.29, 1.82) is 0 Å². The van der Waals surface area contributed by atoms with E-state index >= 15 is 0 Å². The minimum Gasteiger partial charge on any atom is -0.300 e. The van der Waals surface area contributed by atoms with E-state index in [1.165, 1.54) is 68.9 Å². The van der Waals surface area contributed by atoms with Crippen LogP contribution in [0.25, 0.3) is 0 Å². The Bertz CT molecular complexity index is 620. The Morgan fingerprint density at radius 1 is 0.704 bits per heavy atom. The number of nitrogens with zero attached hydrogens (tertiary/aromatic N) is 1. The van der Waals surface area contributed by atoms with Crippen LogP contribution in [-0.2, 0) is 12.8 Å². The predicted molar refractivity (Wildman–Crippen MR) is 115 cm³/mol. The Morgan fingerprint density at radius 3 is 1.59 bits per heavy atom. The molecule has 0 amide bonds. The molecule has 2 fully saturated rings. The van der Waals surface area contributed by atoms with Crippen LogP contribution in [0.1, 0.15) is 56.1 Å². The summed E-state index contributed by atoms with van der Waals surface area (Å²) < 4.78 is 0. The topological polar surface area (TPSA) is 3.24 Å². The Hall–Kier alpha value is -1.60. The van der Waals surface area contributed by atoms with E-state index in [9.17, 15) is 0 Å². The molecular formula is C26H35N. The molecule has 4 atom stereocenters. The fraction of sp³-hybridized carbons (Fsp3) is 0.538. The molecular weight excluding hydrogens is 326 g/mol. The molecule has 0 N–H and O–H groups in total. The average Bonchev–Trinajstić information content (AvgIpc) is 2.98. The van der Waals surface area contributed by atoms with Gasteiger partial charge in [0.25, 0.3) is 0 Å². The van der Waals surface area contributed by atoms with E-state index in [0.717, 1.165) is 23.9 Å². The molecule has 1 heteroatoms. The van der Waals surface area contributed by atoms with Gasteiger partial charge in [-0.1, -0.05) is 60.7 Å². The molecule has 1 nitrogen and oxygen atoms in total. The van der Waals surface area contributed by atoms with Gasteiger partial charge in [0.05, 0.1) is 0 Å². The van der Waals surface area contributed by atoms with E-state index in [-0.39, 0.29) is 0 Å². The second-order valence-corrected chi connectivity index (χ2v) is 8.89. The molecule has 2 unspecified atom stereocenters. The molecule has 0 aromatic heterocycles. The van der Waals surface area contributed by atoms with Crippen molar-refractivity contribution < 1.29 is 0 Å². The maximum atomic E-state index is 2.77. The lowest BCUT2D eigenvalue weighted by Gasteiger charge is -2.43. The smallest absolute Gasteiger partial charge is 0.0124 e. The Kier molecular flexibility index (Phi) is 6.29. The number of benzene rings is 2. The fourth-order valence-corrected chi connectivity index (χ4v) is 5.88. The van der Waals surface area contributed by atoms with E-state index in [2.05, 4.69) is 72.6 Å². The first-order valence-electron chi connectivity index (χ1n) is 11.1. The second-order valence-electron chi connectivity index (χ2n) is 8.89. The van der Waals surface area contributed by atoms with Gasteiger partial charge in [0.1, 0.15) is 0 Å². The molecule has 0 spiro atoms. The van der Waals surface area contributed by atoms with Gasteiger partial charge in [-0.25, -0.2) is 0 Å². The molecule has 2 bridgehead atoms. The van der Waals surface area contributed by atoms with Crippen molar-refractivity contribution in [3.8, 4) is 0 Å². The summed E-state index contributed by atoms with van der Waals surface area (Å²) in [7, 11) is 2.41. The molecule has 2 aromatic rings. The molecule has 4 rings (SSSR count). The lowest BCUT2D eigenvalue weighted by Crippen LogP contribution is -2.47. The van der Waals surface area contributed by atoms with Crippen molar-refractivity contribution in [2.24, 2.45) is 11.8 Å². The molecule has 2 aliphatic heterocycles. The van der Waals surface area contributed by atoms with Gasteiger partial charge in [-0.05, 0) is 87.8 Å². The van der Waals surface area contributed by atoms with Crippen molar-refractivity contribution in [3.63, 3.8) is 0 Å². The third-order valence-electron chi connectivity index (χ3n) is 7.26. The molecule has 2 heterocycles. The third-order valence-corrected chi connectivity index (χ3v) is 7.26. The summed E-state index contributed by atoms with van der Waals surface area (Å²) in [5.41, 5.74) is 3.01. The first-order chi connectivity index (χ1) is 13.3. The van der Waals surface area contributed by atoms with Crippen molar-refractivity contribution in [1.82, 2.24) is 4.90 Å². The van der Waals surface area contributed by atoms with Crippen LogP contribution >= 0.6 is 0 Å². The van der Waals surface area contributed by atoms with Crippen LogP contribution < -0.4 is 0 Å². The fourth-order valence-electron chi connectivity index (χ4n) is 5.88. The number of hydrogen-bond acceptors (Lipinski definition) is 1. The van der Waals surface area contributed by atoms with Crippen LogP contribution in [0.15, 0.2) is 60.7 Å². The standard InChI is InChI=1S/C26H35N/c1-27-25-18-19-26(27)24(17-9-15-22-12-6-3-7-13-22)20-23(25)16-8-14-21-10-4-2-5-11-21/h2-7,10-13,23-26H,8-9,14-20H2,1H3/t23-,24+,25?,26?. The molecule has 2 aromatic carbocycles. The summed E-state index contributed by atoms with van der Waals surface area (Å²) in [5.74, 6) is 1.83. The molecule has 27 heavy (non-hydrogen) atoms. The van der Waals surface area contributed by atoms with Crippen LogP contribution in [0.3, 0.4) is 0 Å². The summed E-state index contributed by atoms with van der Waals surface area (Å²) >= 11 is 0. The molecule has 0 aliphatic carbocycles. The maximum absolute atomic E-state index is 2.77. The van der Waals surface area contributed by atoms with E-state index in [1.807, 2.05) is 0 Å². The second kappa shape index (κ2) is 9.06. The van der Waals surface area contributed by atoms with Crippen LogP contribution in [0.5, 0.6) is 0 Å². The van der Waals surface area contributed by atoms with Gasteiger partial charge >= 0.3 is 0 Å². The largest absolute Gasteiger partial charge is 0.300 e. The third kappa shape index (κ3) is 4.63. The minimum absolute atomic E-state index is 0.858. The zero-order valence-corrected chi connectivity index (χ0v) is 16.9. The first-order valence-corrected chi connectivity index (χ1v) is 11.1. The SMILES string of the molecule is CN1C2CCC1[C@@H](CCCc1ccccc1)C[C@H]2CCCc1ccccc1. The van der Waals surface area contributed by atoms with Crippen molar-refractivity contribution in [2.75, 3.05) is 7.05 Å². The highest BCUT2D eigenvalue weighted by atomic mass is 15.2. The Morgan fingerprint density at radius 2 is 1.15 bits per heavy atom. The number of piperidine rings is 1.